The average Bonchev–Trinajstić information content (AvgIpc) is 2.95. The minimum Gasteiger partial charge on any atom is -0.379 e. The molecule has 1 aliphatic heterocycles. The minimum atomic E-state index is -0.384. The van der Waals surface area contributed by atoms with Crippen molar-refractivity contribution in [3.05, 3.63) is 41.3 Å². The molecule has 2 aromatic rings. The molecule has 0 aromatic carbocycles. The van der Waals surface area contributed by atoms with Crippen LogP contribution in [-0.4, -0.2) is 53.2 Å². The number of hydrogen-bond donors (Lipinski definition) is 1. The lowest BCUT2D eigenvalue weighted by Crippen LogP contribution is -2.37. The summed E-state index contributed by atoms with van der Waals surface area (Å²) in [5.41, 5.74) is 10.1. The second kappa shape index (κ2) is 8.47. The van der Waals surface area contributed by atoms with Gasteiger partial charge >= 0.3 is 0 Å². The van der Waals surface area contributed by atoms with Gasteiger partial charge in [-0.2, -0.15) is 0 Å². The van der Waals surface area contributed by atoms with Crippen molar-refractivity contribution in [3.63, 3.8) is 0 Å². The van der Waals surface area contributed by atoms with E-state index in [0.717, 1.165) is 74.9 Å². The summed E-state index contributed by atoms with van der Waals surface area (Å²) in [7, 11) is 0. The Morgan fingerprint density at radius 2 is 2.04 bits per heavy atom. The van der Waals surface area contributed by atoms with E-state index >= 15 is 0 Å². The van der Waals surface area contributed by atoms with Gasteiger partial charge in [-0.05, 0) is 31.9 Å². The SMILES string of the molecule is CCc1c(-c2ccccn2)c(C(N)=O)c(C)n1CCCN1CCOCC1. The molecule has 1 fully saturated rings. The summed E-state index contributed by atoms with van der Waals surface area (Å²) in [5.74, 6) is -0.384. The van der Waals surface area contributed by atoms with Crippen LogP contribution in [0.15, 0.2) is 24.4 Å². The highest BCUT2D eigenvalue weighted by Gasteiger charge is 2.24. The van der Waals surface area contributed by atoms with Crippen molar-refractivity contribution in [1.29, 1.82) is 0 Å². The molecule has 140 valence electrons. The van der Waals surface area contributed by atoms with Gasteiger partial charge in [-0.15, -0.1) is 0 Å². The fourth-order valence-electron chi connectivity index (χ4n) is 3.83. The van der Waals surface area contributed by atoms with Crippen molar-refractivity contribution in [2.45, 2.75) is 33.2 Å². The monoisotopic (exact) mass is 356 g/mol. The first-order valence-electron chi connectivity index (χ1n) is 9.36. The summed E-state index contributed by atoms with van der Waals surface area (Å²) >= 11 is 0. The maximum atomic E-state index is 12.2. The molecule has 26 heavy (non-hydrogen) atoms. The number of primary amides is 1. The molecule has 0 aliphatic carbocycles. The van der Waals surface area contributed by atoms with Gasteiger partial charge in [0.05, 0.1) is 24.5 Å². The fraction of sp³-hybridized carbons (Fsp3) is 0.500. The number of pyridine rings is 1. The Bertz CT molecular complexity index is 749. The van der Waals surface area contributed by atoms with E-state index in [1.165, 1.54) is 0 Å². The van der Waals surface area contributed by atoms with Crippen LogP contribution in [0.1, 0.15) is 35.1 Å². The maximum Gasteiger partial charge on any atom is 0.251 e. The van der Waals surface area contributed by atoms with Crippen molar-refractivity contribution in [2.24, 2.45) is 5.73 Å². The Labute approximate surface area is 155 Å². The van der Waals surface area contributed by atoms with Gasteiger partial charge in [0.15, 0.2) is 0 Å². The standard InChI is InChI=1S/C20H28N4O2/c1-3-17-19(16-7-4-5-8-22-16)18(20(21)25)15(2)24(17)10-6-9-23-11-13-26-14-12-23/h4-5,7-8H,3,6,9-14H2,1-2H3,(H2,21,25). The van der Waals surface area contributed by atoms with E-state index in [-0.39, 0.29) is 5.91 Å². The van der Waals surface area contributed by atoms with Gasteiger partial charge in [0.2, 0.25) is 0 Å². The third kappa shape index (κ3) is 3.81. The summed E-state index contributed by atoms with van der Waals surface area (Å²) in [6.07, 6.45) is 3.62. The van der Waals surface area contributed by atoms with Crippen LogP contribution in [0.2, 0.25) is 0 Å². The van der Waals surface area contributed by atoms with E-state index < -0.39 is 0 Å². The maximum absolute atomic E-state index is 12.2. The van der Waals surface area contributed by atoms with Gasteiger partial charge in [0, 0.05) is 49.3 Å². The van der Waals surface area contributed by atoms with Gasteiger partial charge in [-0.1, -0.05) is 13.0 Å². The molecule has 6 nitrogen and oxygen atoms in total. The van der Waals surface area contributed by atoms with E-state index in [1.54, 1.807) is 6.20 Å². The van der Waals surface area contributed by atoms with Crippen LogP contribution in [-0.2, 0) is 17.7 Å². The summed E-state index contributed by atoms with van der Waals surface area (Å²) in [6.45, 7) is 9.64. The molecule has 1 amide bonds. The van der Waals surface area contributed by atoms with Crippen LogP contribution >= 0.6 is 0 Å². The lowest BCUT2D eigenvalue weighted by molar-refractivity contribution is 0.0369. The summed E-state index contributed by atoms with van der Waals surface area (Å²) < 4.78 is 7.66. The van der Waals surface area contributed by atoms with Crippen molar-refractivity contribution >= 4 is 5.91 Å². The first-order valence-corrected chi connectivity index (χ1v) is 9.36. The molecule has 2 N–H and O–H groups in total. The van der Waals surface area contributed by atoms with E-state index in [4.69, 9.17) is 10.5 Å². The molecule has 2 aromatic heterocycles. The molecule has 0 spiro atoms. The fourth-order valence-corrected chi connectivity index (χ4v) is 3.83. The number of amides is 1. The Balaban J connectivity index is 1.88. The van der Waals surface area contributed by atoms with Gasteiger partial charge in [0.25, 0.3) is 5.91 Å². The highest BCUT2D eigenvalue weighted by molar-refractivity contribution is 6.01. The summed E-state index contributed by atoms with van der Waals surface area (Å²) in [4.78, 5) is 19.1. The van der Waals surface area contributed by atoms with Crippen LogP contribution in [0.3, 0.4) is 0 Å². The van der Waals surface area contributed by atoms with E-state index in [0.29, 0.717) is 5.56 Å². The Morgan fingerprint density at radius 1 is 1.27 bits per heavy atom. The molecule has 1 aliphatic rings. The molecular weight excluding hydrogens is 328 g/mol. The molecule has 0 atom stereocenters. The highest BCUT2D eigenvalue weighted by atomic mass is 16.5. The first-order chi connectivity index (χ1) is 12.6. The Hall–Kier alpha value is -2.18. The second-order valence-electron chi connectivity index (χ2n) is 6.67. The van der Waals surface area contributed by atoms with Gasteiger partial charge in [-0.3, -0.25) is 14.7 Å². The van der Waals surface area contributed by atoms with Gasteiger partial charge < -0.3 is 15.0 Å². The zero-order chi connectivity index (χ0) is 18.5. The molecule has 6 heteroatoms. The van der Waals surface area contributed by atoms with Gasteiger partial charge in [0.1, 0.15) is 0 Å². The molecule has 3 rings (SSSR count). The topological polar surface area (TPSA) is 73.4 Å². The first kappa shape index (κ1) is 18.6. The third-order valence-corrected chi connectivity index (χ3v) is 5.09. The molecule has 0 radical (unpaired) electrons. The Morgan fingerprint density at radius 3 is 2.65 bits per heavy atom. The molecular formula is C20H28N4O2. The number of carbonyl (C=O) groups excluding carboxylic acids is 1. The van der Waals surface area contributed by atoms with Crippen molar-refractivity contribution < 1.29 is 9.53 Å². The number of nitrogens with zero attached hydrogens (tertiary/aromatic N) is 3. The predicted octanol–water partition coefficient (Wildman–Crippen LogP) is 2.24. The van der Waals surface area contributed by atoms with Crippen LogP contribution in [0.5, 0.6) is 0 Å². The van der Waals surface area contributed by atoms with E-state index in [1.807, 2.05) is 25.1 Å². The number of morpholine rings is 1. The van der Waals surface area contributed by atoms with Gasteiger partial charge in [-0.25, -0.2) is 0 Å². The summed E-state index contributed by atoms with van der Waals surface area (Å²) in [5, 5.41) is 0. The van der Waals surface area contributed by atoms with E-state index in [2.05, 4.69) is 21.4 Å². The number of rotatable bonds is 7. The number of aromatic nitrogens is 2. The number of nitrogens with two attached hydrogens (primary N) is 1. The van der Waals surface area contributed by atoms with Crippen molar-refractivity contribution in [2.75, 3.05) is 32.8 Å². The summed E-state index contributed by atoms with van der Waals surface area (Å²) in [6, 6.07) is 5.77. The molecule has 1 saturated heterocycles. The van der Waals surface area contributed by atoms with E-state index in [9.17, 15) is 4.79 Å². The van der Waals surface area contributed by atoms with Crippen molar-refractivity contribution in [3.8, 4) is 11.3 Å². The van der Waals surface area contributed by atoms with Crippen LogP contribution in [0, 0.1) is 6.92 Å². The largest absolute Gasteiger partial charge is 0.379 e. The molecule has 0 saturated carbocycles. The van der Waals surface area contributed by atoms with Crippen LogP contribution in [0.25, 0.3) is 11.3 Å². The van der Waals surface area contributed by atoms with Crippen LogP contribution < -0.4 is 5.73 Å². The zero-order valence-electron chi connectivity index (χ0n) is 15.7. The quantitative estimate of drug-likeness (QED) is 0.826. The second-order valence-corrected chi connectivity index (χ2v) is 6.67. The normalized spacial score (nSPS) is 15.3. The lowest BCUT2D eigenvalue weighted by atomic mass is 10.0. The van der Waals surface area contributed by atoms with Crippen molar-refractivity contribution in [1.82, 2.24) is 14.5 Å². The lowest BCUT2D eigenvalue weighted by Gasteiger charge is -2.26. The van der Waals surface area contributed by atoms with Crippen LogP contribution in [0.4, 0.5) is 0 Å². The minimum absolute atomic E-state index is 0.384. The average molecular weight is 356 g/mol. The smallest absolute Gasteiger partial charge is 0.251 e. The highest BCUT2D eigenvalue weighted by Crippen LogP contribution is 2.32. The number of hydrogen-bond acceptors (Lipinski definition) is 4. The molecule has 0 unspecified atom stereocenters. The predicted molar refractivity (Wildman–Crippen MR) is 102 cm³/mol. The molecule has 0 bridgehead atoms. The number of carbonyl (C=O) groups is 1. The number of ether oxygens (including phenoxy) is 1. The Kier molecular flexibility index (Phi) is 6.06. The zero-order valence-corrected chi connectivity index (χ0v) is 15.7. The molecule has 3 heterocycles. The third-order valence-electron chi connectivity index (χ3n) is 5.09.